The van der Waals surface area contributed by atoms with Gasteiger partial charge in [-0.15, -0.1) is 0 Å². The van der Waals surface area contributed by atoms with Gasteiger partial charge in [-0.1, -0.05) is 24.3 Å². The molecule has 0 radical (unpaired) electrons. The van der Waals surface area contributed by atoms with Gasteiger partial charge in [0.05, 0.1) is 12.1 Å². The Bertz CT molecular complexity index is 494. The number of benzene rings is 1. The monoisotopic (exact) mass is 200 g/mol. The van der Waals surface area contributed by atoms with E-state index in [4.69, 9.17) is 10.1 Å². The first-order valence-corrected chi connectivity index (χ1v) is 4.89. The van der Waals surface area contributed by atoms with Crippen molar-refractivity contribution in [3.63, 3.8) is 0 Å². The Morgan fingerprint density at radius 3 is 2.87 bits per heavy atom. The Balaban J connectivity index is 2.42. The lowest BCUT2D eigenvalue weighted by Crippen LogP contribution is -2.06. The van der Waals surface area contributed by atoms with Crippen LogP contribution in [0.3, 0.4) is 0 Å². The summed E-state index contributed by atoms with van der Waals surface area (Å²) in [6, 6.07) is 11.6. The van der Waals surface area contributed by atoms with Crippen LogP contribution < -0.4 is 0 Å². The lowest BCUT2D eigenvalue weighted by Gasteiger charge is -2.04. The molecule has 0 bridgehead atoms. The summed E-state index contributed by atoms with van der Waals surface area (Å²) >= 11 is 0. The van der Waals surface area contributed by atoms with Crippen LogP contribution in [-0.2, 0) is 4.74 Å². The quantitative estimate of drug-likeness (QED) is 0.598. The molecule has 76 valence electrons. The maximum Gasteiger partial charge on any atom is 0.232 e. The number of hydrogen-bond acceptors (Lipinski definition) is 3. The average molecular weight is 200 g/mol. The minimum absolute atomic E-state index is 0.128. The summed E-state index contributed by atoms with van der Waals surface area (Å²) in [4.78, 5) is 4.34. The van der Waals surface area contributed by atoms with Crippen LogP contribution in [0, 0.1) is 5.41 Å². The van der Waals surface area contributed by atoms with Crippen molar-refractivity contribution in [2.75, 3.05) is 6.61 Å². The molecule has 0 amide bonds. The van der Waals surface area contributed by atoms with Gasteiger partial charge in [-0.25, -0.2) is 4.98 Å². The van der Waals surface area contributed by atoms with Crippen molar-refractivity contribution < 1.29 is 4.74 Å². The Kier molecular flexibility index (Phi) is 2.63. The van der Waals surface area contributed by atoms with Crippen molar-refractivity contribution in [2.45, 2.75) is 6.92 Å². The largest absolute Gasteiger partial charge is 0.477 e. The van der Waals surface area contributed by atoms with Crippen LogP contribution in [0.4, 0.5) is 0 Å². The van der Waals surface area contributed by atoms with Gasteiger partial charge in [0.2, 0.25) is 5.90 Å². The molecule has 0 fully saturated rings. The van der Waals surface area contributed by atoms with Crippen LogP contribution in [0.1, 0.15) is 12.6 Å². The van der Waals surface area contributed by atoms with Crippen molar-refractivity contribution in [2.24, 2.45) is 0 Å². The minimum Gasteiger partial charge on any atom is -0.477 e. The number of rotatable bonds is 2. The van der Waals surface area contributed by atoms with Gasteiger partial charge in [-0.3, -0.25) is 5.41 Å². The summed E-state index contributed by atoms with van der Waals surface area (Å²) < 4.78 is 5.10. The SMILES string of the molecule is CCOC(=N)c1ccc2ccccc2n1. The van der Waals surface area contributed by atoms with Crippen LogP contribution in [-0.4, -0.2) is 17.5 Å². The molecule has 0 aliphatic carbocycles. The maximum absolute atomic E-state index is 7.62. The Hall–Kier alpha value is -1.90. The fraction of sp³-hybridized carbons (Fsp3) is 0.167. The van der Waals surface area contributed by atoms with Crippen LogP contribution >= 0.6 is 0 Å². The molecule has 0 atom stereocenters. The molecule has 0 unspecified atom stereocenters. The van der Waals surface area contributed by atoms with E-state index in [1.54, 1.807) is 6.07 Å². The lowest BCUT2D eigenvalue weighted by atomic mass is 10.2. The molecule has 0 aliphatic heterocycles. The molecule has 3 heteroatoms. The van der Waals surface area contributed by atoms with E-state index in [0.717, 1.165) is 10.9 Å². The zero-order chi connectivity index (χ0) is 10.7. The number of aromatic nitrogens is 1. The van der Waals surface area contributed by atoms with E-state index in [1.807, 2.05) is 37.3 Å². The number of para-hydroxylation sites is 1. The number of nitrogens with zero attached hydrogens (tertiary/aromatic N) is 1. The van der Waals surface area contributed by atoms with E-state index in [2.05, 4.69) is 4.98 Å². The van der Waals surface area contributed by atoms with E-state index < -0.39 is 0 Å². The van der Waals surface area contributed by atoms with Crippen LogP contribution in [0.25, 0.3) is 10.9 Å². The van der Waals surface area contributed by atoms with E-state index in [9.17, 15) is 0 Å². The van der Waals surface area contributed by atoms with Crippen LogP contribution in [0.15, 0.2) is 36.4 Å². The zero-order valence-electron chi connectivity index (χ0n) is 8.53. The third-order valence-electron chi connectivity index (χ3n) is 2.12. The minimum atomic E-state index is 0.128. The Labute approximate surface area is 88.2 Å². The molecule has 3 nitrogen and oxygen atoms in total. The van der Waals surface area contributed by atoms with Crippen molar-refractivity contribution in [3.05, 3.63) is 42.1 Å². The number of nitrogens with one attached hydrogen (secondary N) is 1. The van der Waals surface area contributed by atoms with Crippen molar-refractivity contribution in [1.29, 1.82) is 5.41 Å². The molecule has 2 aromatic rings. The van der Waals surface area contributed by atoms with Gasteiger partial charge in [0, 0.05) is 5.39 Å². The molecule has 1 aromatic heterocycles. The smallest absolute Gasteiger partial charge is 0.232 e. The van der Waals surface area contributed by atoms with Gasteiger partial charge in [-0.2, -0.15) is 0 Å². The van der Waals surface area contributed by atoms with Crippen molar-refractivity contribution in [3.8, 4) is 0 Å². The van der Waals surface area contributed by atoms with Gasteiger partial charge < -0.3 is 4.74 Å². The van der Waals surface area contributed by atoms with Crippen LogP contribution in [0.5, 0.6) is 0 Å². The normalized spacial score (nSPS) is 10.2. The third kappa shape index (κ3) is 1.96. The number of fused-ring (bicyclic) bond motifs is 1. The molecule has 15 heavy (non-hydrogen) atoms. The fourth-order valence-electron chi connectivity index (χ4n) is 1.41. The summed E-state index contributed by atoms with van der Waals surface area (Å²) in [5.41, 5.74) is 1.47. The molecular formula is C12H12N2O. The summed E-state index contributed by atoms with van der Waals surface area (Å²) in [5.74, 6) is 0.128. The standard InChI is InChI=1S/C12H12N2O/c1-2-15-12(13)11-8-7-9-5-3-4-6-10(9)14-11/h3-8,13H,2H2,1H3. The second kappa shape index (κ2) is 4.09. The highest BCUT2D eigenvalue weighted by Gasteiger charge is 2.03. The first-order chi connectivity index (χ1) is 7.31. The van der Waals surface area contributed by atoms with E-state index in [0.29, 0.717) is 12.3 Å². The van der Waals surface area contributed by atoms with Gasteiger partial charge in [0.15, 0.2) is 0 Å². The summed E-state index contributed by atoms with van der Waals surface area (Å²) in [6.45, 7) is 2.35. The van der Waals surface area contributed by atoms with E-state index >= 15 is 0 Å². The maximum atomic E-state index is 7.62. The topological polar surface area (TPSA) is 46.0 Å². The second-order valence-electron chi connectivity index (χ2n) is 3.15. The molecule has 2 rings (SSSR count). The van der Waals surface area contributed by atoms with Crippen molar-refractivity contribution >= 4 is 16.8 Å². The highest BCUT2D eigenvalue weighted by atomic mass is 16.5. The number of pyridine rings is 1. The molecule has 1 heterocycles. The summed E-state index contributed by atoms with van der Waals surface area (Å²) in [5, 5.41) is 8.69. The average Bonchev–Trinajstić information content (AvgIpc) is 2.29. The third-order valence-corrected chi connectivity index (χ3v) is 2.12. The molecule has 0 aliphatic rings. The highest BCUT2D eigenvalue weighted by molar-refractivity contribution is 5.92. The summed E-state index contributed by atoms with van der Waals surface area (Å²) in [6.07, 6.45) is 0. The van der Waals surface area contributed by atoms with Gasteiger partial charge in [-0.05, 0) is 19.1 Å². The van der Waals surface area contributed by atoms with Gasteiger partial charge in [0.25, 0.3) is 0 Å². The predicted molar refractivity (Wildman–Crippen MR) is 60.2 cm³/mol. The van der Waals surface area contributed by atoms with E-state index in [-0.39, 0.29) is 5.90 Å². The van der Waals surface area contributed by atoms with Crippen LogP contribution in [0.2, 0.25) is 0 Å². The molecule has 0 spiro atoms. The fourth-order valence-corrected chi connectivity index (χ4v) is 1.41. The predicted octanol–water partition coefficient (Wildman–Crippen LogP) is 2.60. The first kappa shape index (κ1) is 9.65. The zero-order valence-corrected chi connectivity index (χ0v) is 8.53. The molecular weight excluding hydrogens is 188 g/mol. The number of hydrogen-bond donors (Lipinski definition) is 1. The first-order valence-electron chi connectivity index (χ1n) is 4.89. The molecule has 1 N–H and O–H groups in total. The molecule has 0 saturated carbocycles. The molecule has 1 aromatic carbocycles. The number of ether oxygens (including phenoxy) is 1. The van der Waals surface area contributed by atoms with Crippen molar-refractivity contribution in [1.82, 2.24) is 4.98 Å². The highest BCUT2D eigenvalue weighted by Crippen LogP contribution is 2.12. The Morgan fingerprint density at radius 1 is 1.27 bits per heavy atom. The molecule has 0 saturated heterocycles. The lowest BCUT2D eigenvalue weighted by molar-refractivity contribution is 0.324. The van der Waals surface area contributed by atoms with E-state index in [1.165, 1.54) is 0 Å². The summed E-state index contributed by atoms with van der Waals surface area (Å²) in [7, 11) is 0. The van der Waals surface area contributed by atoms with Gasteiger partial charge in [0.1, 0.15) is 5.69 Å². The van der Waals surface area contributed by atoms with Gasteiger partial charge >= 0.3 is 0 Å². The second-order valence-corrected chi connectivity index (χ2v) is 3.15. The Morgan fingerprint density at radius 2 is 2.07 bits per heavy atom.